The Labute approximate surface area is 188 Å². The zero-order valence-electron chi connectivity index (χ0n) is 18.9. The smallest absolute Gasteiger partial charge is 0.126 e. The molecule has 1 N–H and O–H groups in total. The van der Waals surface area contributed by atoms with Crippen molar-refractivity contribution in [1.82, 2.24) is 9.88 Å². The number of hydrogen-bond acceptors (Lipinski definition) is 2. The summed E-state index contributed by atoms with van der Waals surface area (Å²) >= 11 is 0. The van der Waals surface area contributed by atoms with Gasteiger partial charge >= 0.3 is 0 Å². The summed E-state index contributed by atoms with van der Waals surface area (Å²) in [6.45, 7) is 8.81. The summed E-state index contributed by atoms with van der Waals surface area (Å²) in [6.07, 6.45) is 0. The Morgan fingerprint density at radius 1 is 1.03 bits per heavy atom. The van der Waals surface area contributed by atoms with Crippen LogP contribution in [0.15, 0.2) is 66.7 Å². The predicted molar refractivity (Wildman–Crippen MR) is 128 cm³/mol. The van der Waals surface area contributed by atoms with Crippen molar-refractivity contribution in [3.63, 3.8) is 0 Å². The molecule has 3 aromatic carbocycles. The minimum Gasteiger partial charge on any atom is -0.489 e. The molecule has 0 unspecified atom stereocenters. The SMILES string of the molecule is Cc1cc(-n2c(C(C)C)c(C3CNC3)c3cc(OCc4ccccc4)ccc32)ccc1F. The van der Waals surface area contributed by atoms with Crippen molar-refractivity contribution in [1.29, 1.82) is 0 Å². The van der Waals surface area contributed by atoms with Crippen molar-refractivity contribution < 1.29 is 9.13 Å². The van der Waals surface area contributed by atoms with Crippen molar-refractivity contribution in [3.05, 3.63) is 94.9 Å². The molecule has 0 amide bonds. The Morgan fingerprint density at radius 3 is 2.47 bits per heavy atom. The fourth-order valence-corrected chi connectivity index (χ4v) is 4.68. The van der Waals surface area contributed by atoms with E-state index in [9.17, 15) is 4.39 Å². The molecular formula is C28H29FN2O. The van der Waals surface area contributed by atoms with Crippen LogP contribution in [0.2, 0.25) is 0 Å². The van der Waals surface area contributed by atoms with E-state index in [2.05, 4.69) is 48.0 Å². The van der Waals surface area contributed by atoms with Crippen LogP contribution in [-0.4, -0.2) is 17.7 Å². The van der Waals surface area contributed by atoms with Crippen molar-refractivity contribution >= 4 is 10.9 Å². The molecule has 0 aliphatic carbocycles. The molecule has 5 rings (SSSR count). The zero-order chi connectivity index (χ0) is 22.2. The van der Waals surface area contributed by atoms with Crippen LogP contribution in [0.1, 0.15) is 48.1 Å². The number of benzene rings is 3. The topological polar surface area (TPSA) is 26.2 Å². The lowest BCUT2D eigenvalue weighted by atomic mass is 9.88. The Hall–Kier alpha value is -3.11. The minimum absolute atomic E-state index is 0.170. The molecule has 0 spiro atoms. The highest BCUT2D eigenvalue weighted by Gasteiger charge is 2.30. The highest BCUT2D eigenvalue weighted by molar-refractivity contribution is 5.89. The molecule has 0 atom stereocenters. The Bertz CT molecular complexity index is 1260. The Kier molecular flexibility index (Phi) is 5.48. The molecule has 1 fully saturated rings. The minimum atomic E-state index is -0.170. The summed E-state index contributed by atoms with van der Waals surface area (Å²) in [5.74, 6) is 1.51. The van der Waals surface area contributed by atoms with Crippen molar-refractivity contribution in [2.45, 2.75) is 39.2 Å². The van der Waals surface area contributed by atoms with E-state index in [0.717, 1.165) is 35.6 Å². The van der Waals surface area contributed by atoms with E-state index in [1.54, 1.807) is 6.07 Å². The average molecular weight is 429 g/mol. The molecule has 1 aliphatic rings. The van der Waals surface area contributed by atoms with E-state index < -0.39 is 0 Å². The summed E-state index contributed by atoms with van der Waals surface area (Å²) in [5.41, 5.74) is 6.66. The molecule has 4 aromatic rings. The van der Waals surface area contributed by atoms with Crippen LogP contribution in [0.4, 0.5) is 4.39 Å². The number of nitrogens with zero attached hydrogens (tertiary/aromatic N) is 1. The van der Waals surface area contributed by atoms with Gasteiger partial charge in [-0.1, -0.05) is 44.2 Å². The van der Waals surface area contributed by atoms with Gasteiger partial charge in [0.2, 0.25) is 0 Å². The summed E-state index contributed by atoms with van der Waals surface area (Å²) in [4.78, 5) is 0. The van der Waals surface area contributed by atoms with Crippen molar-refractivity contribution in [3.8, 4) is 11.4 Å². The van der Waals surface area contributed by atoms with Crippen LogP contribution in [0, 0.1) is 12.7 Å². The molecule has 2 heterocycles. The number of hydrogen-bond donors (Lipinski definition) is 1. The number of aromatic nitrogens is 1. The standard InChI is InChI=1S/C28H29FN2O/c1-18(2)28-27(21-15-30-16-21)24-14-23(32-17-20-7-5-4-6-8-20)10-12-26(24)31(28)22-9-11-25(29)19(3)13-22/h4-14,18,21,30H,15-17H2,1-3H3. The molecule has 3 nitrogen and oxygen atoms in total. The van der Waals surface area contributed by atoms with Crippen LogP contribution in [-0.2, 0) is 6.61 Å². The summed E-state index contributed by atoms with van der Waals surface area (Å²) in [6, 6.07) is 22.0. The summed E-state index contributed by atoms with van der Waals surface area (Å²) < 4.78 is 22.5. The number of aryl methyl sites for hydroxylation is 1. The van der Waals surface area contributed by atoms with Gasteiger partial charge in [0.25, 0.3) is 0 Å². The van der Waals surface area contributed by atoms with Crippen LogP contribution >= 0.6 is 0 Å². The first-order chi connectivity index (χ1) is 15.5. The highest BCUT2D eigenvalue weighted by atomic mass is 19.1. The summed E-state index contributed by atoms with van der Waals surface area (Å²) in [5, 5.41) is 4.66. The number of halogens is 1. The molecule has 0 radical (unpaired) electrons. The second-order valence-electron chi connectivity index (χ2n) is 9.03. The van der Waals surface area contributed by atoms with Crippen LogP contribution in [0.3, 0.4) is 0 Å². The molecule has 32 heavy (non-hydrogen) atoms. The van der Waals surface area contributed by atoms with Gasteiger partial charge in [0.1, 0.15) is 18.2 Å². The molecule has 1 saturated heterocycles. The van der Waals surface area contributed by atoms with E-state index in [0.29, 0.717) is 24.0 Å². The largest absolute Gasteiger partial charge is 0.489 e. The van der Waals surface area contributed by atoms with E-state index in [1.807, 2.05) is 43.3 Å². The van der Waals surface area contributed by atoms with E-state index in [4.69, 9.17) is 4.74 Å². The maximum atomic E-state index is 14.0. The van der Waals surface area contributed by atoms with Gasteiger partial charge in [-0.3, -0.25) is 0 Å². The number of rotatable bonds is 6. The molecule has 4 heteroatoms. The fraction of sp³-hybridized carbons (Fsp3) is 0.286. The lowest BCUT2D eigenvalue weighted by Crippen LogP contribution is -2.40. The maximum absolute atomic E-state index is 14.0. The van der Waals surface area contributed by atoms with Gasteiger partial charge in [-0.25, -0.2) is 4.39 Å². The third kappa shape index (κ3) is 3.69. The second-order valence-corrected chi connectivity index (χ2v) is 9.03. The Morgan fingerprint density at radius 2 is 1.81 bits per heavy atom. The number of ether oxygens (including phenoxy) is 1. The van der Waals surface area contributed by atoms with Gasteiger partial charge in [0.05, 0.1) is 5.52 Å². The normalized spacial score (nSPS) is 14.2. The predicted octanol–water partition coefficient (Wildman–Crippen LogP) is 6.47. The first-order valence-electron chi connectivity index (χ1n) is 11.3. The van der Waals surface area contributed by atoms with Gasteiger partial charge in [-0.2, -0.15) is 0 Å². The summed E-state index contributed by atoms with van der Waals surface area (Å²) in [7, 11) is 0. The molecule has 164 valence electrons. The highest BCUT2D eigenvalue weighted by Crippen LogP contribution is 2.41. The lowest BCUT2D eigenvalue weighted by Gasteiger charge is -2.29. The van der Waals surface area contributed by atoms with Gasteiger partial charge in [0, 0.05) is 35.8 Å². The third-order valence-electron chi connectivity index (χ3n) is 6.40. The Balaban J connectivity index is 1.65. The second kappa shape index (κ2) is 8.44. The first kappa shape index (κ1) is 20.8. The number of nitrogens with one attached hydrogen (secondary N) is 1. The molecule has 1 aromatic heterocycles. The third-order valence-corrected chi connectivity index (χ3v) is 6.40. The number of fused-ring (bicyclic) bond motifs is 1. The van der Waals surface area contributed by atoms with Crippen LogP contribution in [0.5, 0.6) is 5.75 Å². The van der Waals surface area contributed by atoms with Crippen LogP contribution in [0.25, 0.3) is 16.6 Å². The van der Waals surface area contributed by atoms with E-state index in [-0.39, 0.29) is 5.82 Å². The van der Waals surface area contributed by atoms with Gasteiger partial charge in [-0.05, 0) is 65.9 Å². The maximum Gasteiger partial charge on any atom is 0.126 e. The molecule has 0 bridgehead atoms. The van der Waals surface area contributed by atoms with Crippen molar-refractivity contribution in [2.75, 3.05) is 13.1 Å². The quantitative estimate of drug-likeness (QED) is 0.381. The van der Waals surface area contributed by atoms with Crippen molar-refractivity contribution in [2.24, 2.45) is 0 Å². The average Bonchev–Trinajstić information content (AvgIpc) is 3.08. The van der Waals surface area contributed by atoms with Crippen LogP contribution < -0.4 is 10.1 Å². The fourth-order valence-electron chi connectivity index (χ4n) is 4.68. The lowest BCUT2D eigenvalue weighted by molar-refractivity contribution is 0.306. The molecule has 0 saturated carbocycles. The van der Waals surface area contributed by atoms with Gasteiger partial charge in [0.15, 0.2) is 0 Å². The monoisotopic (exact) mass is 428 g/mol. The zero-order valence-corrected chi connectivity index (χ0v) is 18.9. The molecular weight excluding hydrogens is 399 g/mol. The first-order valence-corrected chi connectivity index (χ1v) is 11.3. The van der Waals surface area contributed by atoms with E-state index in [1.165, 1.54) is 16.6 Å². The molecule has 1 aliphatic heterocycles. The van der Waals surface area contributed by atoms with E-state index >= 15 is 0 Å². The van der Waals surface area contributed by atoms with Gasteiger partial charge < -0.3 is 14.6 Å². The van der Waals surface area contributed by atoms with Gasteiger partial charge in [-0.15, -0.1) is 0 Å².